The van der Waals surface area contributed by atoms with Crippen molar-refractivity contribution in [3.8, 4) is 0 Å². The number of hydrogen-bond donors (Lipinski definition) is 4. The maximum Gasteiger partial charge on any atom is 0.243 e. The van der Waals surface area contributed by atoms with Crippen LogP contribution in [0.15, 0.2) is 42.9 Å². The number of hydroxylamine groups is 1. The third-order valence-corrected chi connectivity index (χ3v) is 4.93. The average molecular weight is 462 g/mol. The molecule has 0 saturated heterocycles. The summed E-state index contributed by atoms with van der Waals surface area (Å²) in [5, 5.41) is 19.3. The van der Waals surface area contributed by atoms with Gasteiger partial charge in [-0.25, -0.2) is 14.9 Å². The second kappa shape index (κ2) is 12.0. The van der Waals surface area contributed by atoms with Gasteiger partial charge in [0.05, 0.1) is 18.1 Å². The Morgan fingerprint density at radius 3 is 2.56 bits per heavy atom. The molecule has 3 rings (SSSR count). The molecule has 1 aromatic carbocycles. The fourth-order valence-corrected chi connectivity index (χ4v) is 3.15. The lowest BCUT2D eigenvalue weighted by Crippen LogP contribution is -2.17. The first kappa shape index (κ1) is 23.4. The van der Waals surface area contributed by atoms with E-state index in [1.54, 1.807) is 23.8 Å². The van der Waals surface area contributed by atoms with E-state index < -0.39 is 0 Å². The number of anilines is 4. The summed E-state index contributed by atoms with van der Waals surface area (Å²) in [5.41, 5.74) is 3.04. The largest absolute Gasteiger partial charge is 0.339 e. The smallest absolute Gasteiger partial charge is 0.243 e. The van der Waals surface area contributed by atoms with E-state index in [4.69, 9.17) is 16.8 Å². The first-order valence-electron chi connectivity index (χ1n) is 10.3. The minimum atomic E-state index is -0.343. The van der Waals surface area contributed by atoms with Gasteiger partial charge in [-0.2, -0.15) is 10.1 Å². The highest BCUT2D eigenvalue weighted by atomic mass is 35.5. The number of unbranched alkanes of at least 4 members (excludes halogenated alkanes) is 4. The van der Waals surface area contributed by atoms with Crippen LogP contribution in [0, 0.1) is 5.82 Å². The van der Waals surface area contributed by atoms with E-state index in [0.717, 1.165) is 44.3 Å². The van der Waals surface area contributed by atoms with Crippen molar-refractivity contribution in [2.24, 2.45) is 0 Å². The van der Waals surface area contributed by atoms with E-state index in [0.29, 0.717) is 28.9 Å². The summed E-state index contributed by atoms with van der Waals surface area (Å²) < 4.78 is 14.9. The Morgan fingerprint density at radius 1 is 1.03 bits per heavy atom. The SMILES string of the molecule is O=C(CCCCCCCn1cc(Nc2ncc(Cl)c(Nc3ccc(F)cc3)n2)cn1)NO. The molecular weight excluding hydrogens is 437 g/mol. The number of amides is 1. The van der Waals surface area contributed by atoms with Crippen LogP contribution < -0.4 is 16.1 Å². The highest BCUT2D eigenvalue weighted by Crippen LogP contribution is 2.25. The standard InChI is InChI=1S/C21H25ClFN7O2/c22-18-13-24-21(28-20(18)26-16-9-7-15(23)8-10-16)27-17-12-25-30(14-17)11-5-3-1-2-4-6-19(31)29-32/h7-10,12-14,32H,1-6,11H2,(H,29,31)(H2,24,26,27,28). The summed E-state index contributed by atoms with van der Waals surface area (Å²) in [6.45, 7) is 0.775. The summed E-state index contributed by atoms with van der Waals surface area (Å²) >= 11 is 6.17. The zero-order valence-electron chi connectivity index (χ0n) is 17.4. The molecule has 0 radical (unpaired) electrons. The molecule has 4 N–H and O–H groups in total. The van der Waals surface area contributed by atoms with Gasteiger partial charge in [-0.3, -0.25) is 14.7 Å². The molecule has 9 nitrogen and oxygen atoms in total. The fraction of sp³-hybridized carbons (Fsp3) is 0.333. The van der Waals surface area contributed by atoms with Crippen molar-refractivity contribution < 1.29 is 14.4 Å². The van der Waals surface area contributed by atoms with Gasteiger partial charge in [0, 0.05) is 24.8 Å². The van der Waals surface area contributed by atoms with E-state index in [2.05, 4.69) is 25.7 Å². The molecule has 0 unspecified atom stereocenters. The molecule has 11 heteroatoms. The second-order valence-corrected chi connectivity index (χ2v) is 7.60. The summed E-state index contributed by atoms with van der Waals surface area (Å²) in [6, 6.07) is 5.88. The first-order chi connectivity index (χ1) is 15.5. The average Bonchev–Trinajstić information content (AvgIpc) is 3.23. The number of benzene rings is 1. The van der Waals surface area contributed by atoms with E-state index in [9.17, 15) is 9.18 Å². The van der Waals surface area contributed by atoms with Crippen LogP contribution in [-0.2, 0) is 11.3 Å². The second-order valence-electron chi connectivity index (χ2n) is 7.19. The summed E-state index contributed by atoms with van der Waals surface area (Å²) in [6.07, 6.45) is 10.1. The van der Waals surface area contributed by atoms with Gasteiger partial charge >= 0.3 is 0 Å². The molecule has 2 aromatic heterocycles. The molecule has 3 aromatic rings. The van der Waals surface area contributed by atoms with Crippen LogP contribution in [0.5, 0.6) is 0 Å². The number of nitrogens with zero attached hydrogens (tertiary/aromatic N) is 4. The van der Waals surface area contributed by atoms with Gasteiger partial charge in [0.1, 0.15) is 10.8 Å². The fourth-order valence-electron chi connectivity index (χ4n) is 3.01. The minimum absolute atomic E-state index is 0.323. The number of rotatable bonds is 12. The predicted octanol–water partition coefficient (Wildman–Crippen LogP) is 4.80. The minimum Gasteiger partial charge on any atom is -0.339 e. The Hall–Kier alpha value is -3.24. The van der Waals surface area contributed by atoms with Gasteiger partial charge in [-0.1, -0.05) is 30.9 Å². The molecule has 170 valence electrons. The van der Waals surface area contributed by atoms with Gasteiger partial charge in [-0.05, 0) is 37.1 Å². The Balaban J connectivity index is 1.45. The van der Waals surface area contributed by atoms with Gasteiger partial charge in [0.15, 0.2) is 5.82 Å². The van der Waals surface area contributed by atoms with Crippen LogP contribution in [0.3, 0.4) is 0 Å². The molecule has 0 bridgehead atoms. The van der Waals surface area contributed by atoms with E-state index in [-0.39, 0.29) is 11.7 Å². The number of halogens is 2. The molecule has 0 spiro atoms. The molecule has 0 aliphatic rings. The molecule has 2 heterocycles. The Kier molecular flexibility index (Phi) is 8.76. The van der Waals surface area contributed by atoms with Crippen LogP contribution in [0.25, 0.3) is 0 Å². The number of aromatic nitrogens is 4. The highest BCUT2D eigenvalue weighted by molar-refractivity contribution is 6.32. The summed E-state index contributed by atoms with van der Waals surface area (Å²) in [7, 11) is 0. The monoisotopic (exact) mass is 461 g/mol. The molecule has 1 amide bonds. The molecule has 0 aliphatic heterocycles. The number of hydrogen-bond acceptors (Lipinski definition) is 7. The van der Waals surface area contributed by atoms with Crippen LogP contribution in [0.2, 0.25) is 5.02 Å². The van der Waals surface area contributed by atoms with E-state index >= 15 is 0 Å². The number of aryl methyl sites for hydroxylation is 1. The molecule has 0 fully saturated rings. The molecule has 32 heavy (non-hydrogen) atoms. The zero-order chi connectivity index (χ0) is 22.8. The maximum absolute atomic E-state index is 13.1. The van der Waals surface area contributed by atoms with Gasteiger partial charge in [-0.15, -0.1) is 0 Å². The quantitative estimate of drug-likeness (QED) is 0.174. The van der Waals surface area contributed by atoms with Crippen LogP contribution in [0.1, 0.15) is 38.5 Å². The molecule has 0 atom stereocenters. The van der Waals surface area contributed by atoms with Crippen molar-refractivity contribution in [3.63, 3.8) is 0 Å². The lowest BCUT2D eigenvalue weighted by atomic mass is 10.1. The third kappa shape index (κ3) is 7.47. The summed E-state index contributed by atoms with van der Waals surface area (Å²) in [5.74, 6) is 0.0884. The Morgan fingerprint density at radius 2 is 1.78 bits per heavy atom. The highest BCUT2D eigenvalue weighted by Gasteiger charge is 2.08. The Labute approximate surface area is 190 Å². The predicted molar refractivity (Wildman–Crippen MR) is 120 cm³/mol. The normalized spacial score (nSPS) is 10.7. The van der Waals surface area contributed by atoms with Crippen molar-refractivity contribution in [2.45, 2.75) is 45.1 Å². The van der Waals surface area contributed by atoms with Gasteiger partial charge < -0.3 is 10.6 Å². The lowest BCUT2D eigenvalue weighted by Gasteiger charge is -2.09. The number of nitrogens with one attached hydrogen (secondary N) is 3. The van der Waals surface area contributed by atoms with Gasteiger partial charge in [0.2, 0.25) is 11.9 Å². The van der Waals surface area contributed by atoms with Gasteiger partial charge in [0.25, 0.3) is 0 Å². The van der Waals surface area contributed by atoms with Crippen molar-refractivity contribution in [1.82, 2.24) is 25.2 Å². The summed E-state index contributed by atoms with van der Waals surface area (Å²) in [4.78, 5) is 19.5. The Bertz CT molecular complexity index is 1010. The van der Waals surface area contributed by atoms with Crippen molar-refractivity contribution in [1.29, 1.82) is 0 Å². The molecule has 0 aliphatic carbocycles. The maximum atomic E-state index is 13.1. The third-order valence-electron chi connectivity index (χ3n) is 4.66. The first-order valence-corrected chi connectivity index (χ1v) is 10.7. The van der Waals surface area contributed by atoms with E-state index in [1.165, 1.54) is 18.3 Å². The van der Waals surface area contributed by atoms with Crippen LogP contribution in [-0.4, -0.2) is 30.9 Å². The number of carbonyl (C=O) groups is 1. The van der Waals surface area contributed by atoms with Crippen molar-refractivity contribution in [3.05, 3.63) is 53.7 Å². The van der Waals surface area contributed by atoms with Crippen molar-refractivity contribution in [2.75, 3.05) is 10.6 Å². The zero-order valence-corrected chi connectivity index (χ0v) is 18.1. The van der Waals surface area contributed by atoms with E-state index in [1.807, 2.05) is 10.9 Å². The number of carbonyl (C=O) groups excluding carboxylic acids is 1. The lowest BCUT2D eigenvalue weighted by molar-refractivity contribution is -0.129. The van der Waals surface area contributed by atoms with Crippen molar-refractivity contribution >= 4 is 40.6 Å². The van der Waals surface area contributed by atoms with Crippen LogP contribution >= 0.6 is 11.6 Å². The van der Waals surface area contributed by atoms with Crippen LogP contribution in [0.4, 0.5) is 27.5 Å². The molecule has 0 saturated carbocycles. The topological polar surface area (TPSA) is 117 Å². The molecular formula is C21H25ClFN7O2.